The van der Waals surface area contributed by atoms with Crippen LogP contribution in [0.3, 0.4) is 0 Å². The predicted molar refractivity (Wildman–Crippen MR) is 98.0 cm³/mol. The second kappa shape index (κ2) is 7.14. The Balaban J connectivity index is 2.05. The van der Waals surface area contributed by atoms with Gasteiger partial charge in [0, 0.05) is 12.1 Å². The van der Waals surface area contributed by atoms with Crippen LogP contribution in [0, 0.1) is 5.92 Å². The molecule has 1 saturated heterocycles. The van der Waals surface area contributed by atoms with Gasteiger partial charge in [-0.25, -0.2) is 4.79 Å². The monoisotopic (exact) mass is 332 g/mol. The number of carbonyl (C=O) groups is 1. The maximum atomic E-state index is 12.5. The Hall–Kier alpha value is -1.55. The first-order valence-corrected chi connectivity index (χ1v) is 8.88. The third-order valence-electron chi connectivity index (χ3n) is 4.75. The standard InChI is InChI=1S/C20H32N2O2/c1-19(2,3)24-18(23)22-14-15(12-20(22,4)5)11-17(13-21)16-9-7-6-8-10-16/h6-10,15,17H,11-14,21H2,1-5H3. The Morgan fingerprint density at radius 1 is 1.33 bits per heavy atom. The number of ether oxygens (including phenoxy) is 1. The highest BCUT2D eigenvalue weighted by molar-refractivity contribution is 5.69. The maximum Gasteiger partial charge on any atom is 0.410 e. The summed E-state index contributed by atoms with van der Waals surface area (Å²) in [5.41, 5.74) is 6.67. The van der Waals surface area contributed by atoms with Crippen molar-refractivity contribution in [2.75, 3.05) is 13.1 Å². The first kappa shape index (κ1) is 18.8. The number of benzene rings is 1. The van der Waals surface area contributed by atoms with Gasteiger partial charge in [-0.3, -0.25) is 0 Å². The molecule has 4 heteroatoms. The summed E-state index contributed by atoms with van der Waals surface area (Å²) in [6.45, 7) is 11.3. The molecule has 0 saturated carbocycles. The van der Waals surface area contributed by atoms with E-state index in [-0.39, 0.29) is 11.6 Å². The van der Waals surface area contributed by atoms with E-state index >= 15 is 0 Å². The van der Waals surface area contributed by atoms with Gasteiger partial charge in [0.05, 0.1) is 0 Å². The number of rotatable bonds is 4. The van der Waals surface area contributed by atoms with Crippen LogP contribution < -0.4 is 5.73 Å². The average Bonchev–Trinajstić information content (AvgIpc) is 2.78. The summed E-state index contributed by atoms with van der Waals surface area (Å²) in [5.74, 6) is 0.784. The summed E-state index contributed by atoms with van der Waals surface area (Å²) in [7, 11) is 0. The van der Waals surface area contributed by atoms with E-state index in [1.807, 2.05) is 31.7 Å². The van der Waals surface area contributed by atoms with Crippen LogP contribution in [0.5, 0.6) is 0 Å². The van der Waals surface area contributed by atoms with E-state index in [1.54, 1.807) is 0 Å². The van der Waals surface area contributed by atoms with Crippen LogP contribution in [0.15, 0.2) is 30.3 Å². The summed E-state index contributed by atoms with van der Waals surface area (Å²) in [4.78, 5) is 14.4. The van der Waals surface area contributed by atoms with Gasteiger partial charge in [0.15, 0.2) is 0 Å². The first-order valence-electron chi connectivity index (χ1n) is 8.88. The van der Waals surface area contributed by atoms with Crippen LogP contribution in [-0.4, -0.2) is 35.2 Å². The van der Waals surface area contributed by atoms with E-state index in [1.165, 1.54) is 5.56 Å². The van der Waals surface area contributed by atoms with Crippen LogP contribution in [0.25, 0.3) is 0 Å². The maximum absolute atomic E-state index is 12.5. The number of hydrogen-bond acceptors (Lipinski definition) is 3. The van der Waals surface area contributed by atoms with Crippen LogP contribution >= 0.6 is 0 Å². The molecule has 1 aliphatic heterocycles. The van der Waals surface area contributed by atoms with Gasteiger partial charge >= 0.3 is 6.09 Å². The number of carbonyl (C=O) groups excluding carboxylic acids is 1. The van der Waals surface area contributed by atoms with Crippen molar-refractivity contribution < 1.29 is 9.53 Å². The van der Waals surface area contributed by atoms with Gasteiger partial charge in [-0.1, -0.05) is 30.3 Å². The molecule has 2 N–H and O–H groups in total. The van der Waals surface area contributed by atoms with E-state index in [0.717, 1.165) is 19.4 Å². The molecule has 24 heavy (non-hydrogen) atoms. The highest BCUT2D eigenvalue weighted by Gasteiger charge is 2.43. The quantitative estimate of drug-likeness (QED) is 0.901. The molecule has 1 aromatic carbocycles. The number of nitrogens with two attached hydrogens (primary N) is 1. The predicted octanol–water partition coefficient (Wildman–Crippen LogP) is 4.15. The minimum Gasteiger partial charge on any atom is -0.444 e. The molecule has 1 fully saturated rings. The van der Waals surface area contributed by atoms with Crippen LogP contribution in [0.2, 0.25) is 0 Å². The van der Waals surface area contributed by atoms with Crippen molar-refractivity contribution >= 4 is 6.09 Å². The third-order valence-corrected chi connectivity index (χ3v) is 4.75. The molecule has 2 rings (SSSR count). The number of nitrogens with zero attached hydrogens (tertiary/aromatic N) is 1. The van der Waals surface area contributed by atoms with Crippen molar-refractivity contribution in [1.82, 2.24) is 4.90 Å². The van der Waals surface area contributed by atoms with Gasteiger partial charge in [-0.2, -0.15) is 0 Å². The van der Waals surface area contributed by atoms with Crippen molar-refractivity contribution in [3.05, 3.63) is 35.9 Å². The molecule has 1 amide bonds. The minimum absolute atomic E-state index is 0.178. The Labute approximate surface area is 146 Å². The summed E-state index contributed by atoms with van der Waals surface area (Å²) in [6.07, 6.45) is 1.78. The molecule has 134 valence electrons. The van der Waals surface area contributed by atoms with E-state index in [4.69, 9.17) is 10.5 Å². The topological polar surface area (TPSA) is 55.6 Å². The third kappa shape index (κ3) is 4.73. The molecule has 2 unspecified atom stereocenters. The fourth-order valence-electron chi connectivity index (χ4n) is 3.68. The molecule has 0 spiro atoms. The van der Waals surface area contributed by atoms with Gasteiger partial charge in [-0.05, 0) is 71.4 Å². The zero-order chi connectivity index (χ0) is 18.0. The van der Waals surface area contributed by atoms with Crippen molar-refractivity contribution in [2.24, 2.45) is 11.7 Å². The minimum atomic E-state index is -0.463. The van der Waals surface area contributed by atoms with Crippen molar-refractivity contribution in [3.63, 3.8) is 0 Å². The van der Waals surface area contributed by atoms with Crippen molar-refractivity contribution in [1.29, 1.82) is 0 Å². The summed E-state index contributed by atoms with van der Waals surface area (Å²) >= 11 is 0. The van der Waals surface area contributed by atoms with Crippen molar-refractivity contribution in [2.45, 2.75) is 64.5 Å². The highest BCUT2D eigenvalue weighted by Crippen LogP contribution is 2.38. The molecule has 0 bridgehead atoms. The van der Waals surface area contributed by atoms with Gasteiger partial charge in [0.1, 0.15) is 5.60 Å². The smallest absolute Gasteiger partial charge is 0.410 e. The molecule has 4 nitrogen and oxygen atoms in total. The molecule has 0 radical (unpaired) electrons. The number of hydrogen-bond donors (Lipinski definition) is 1. The van der Waals surface area contributed by atoms with Crippen LogP contribution in [0.4, 0.5) is 4.79 Å². The zero-order valence-corrected chi connectivity index (χ0v) is 15.7. The molecule has 2 atom stereocenters. The Morgan fingerprint density at radius 3 is 2.50 bits per heavy atom. The Kier molecular flexibility index (Phi) is 5.59. The largest absolute Gasteiger partial charge is 0.444 e. The van der Waals surface area contributed by atoms with E-state index < -0.39 is 5.60 Å². The van der Waals surface area contributed by atoms with E-state index in [0.29, 0.717) is 18.4 Å². The second-order valence-electron chi connectivity index (χ2n) is 8.55. The lowest BCUT2D eigenvalue weighted by Gasteiger charge is -2.33. The second-order valence-corrected chi connectivity index (χ2v) is 8.55. The summed E-state index contributed by atoms with van der Waals surface area (Å²) in [5, 5.41) is 0. The lowest BCUT2D eigenvalue weighted by Crippen LogP contribution is -2.45. The van der Waals surface area contributed by atoms with Crippen molar-refractivity contribution in [3.8, 4) is 0 Å². The van der Waals surface area contributed by atoms with E-state index in [2.05, 4.69) is 38.1 Å². The molecule has 1 aromatic rings. The highest BCUT2D eigenvalue weighted by atomic mass is 16.6. The molecule has 1 aliphatic rings. The van der Waals surface area contributed by atoms with Gasteiger partial charge < -0.3 is 15.4 Å². The Bertz CT molecular complexity index is 549. The van der Waals surface area contributed by atoms with Crippen LogP contribution in [-0.2, 0) is 4.74 Å². The number of likely N-dealkylation sites (tertiary alicyclic amines) is 1. The van der Waals surface area contributed by atoms with Crippen LogP contribution in [0.1, 0.15) is 58.9 Å². The van der Waals surface area contributed by atoms with Gasteiger partial charge in [-0.15, -0.1) is 0 Å². The molecular formula is C20H32N2O2. The summed E-state index contributed by atoms with van der Waals surface area (Å²) < 4.78 is 5.58. The van der Waals surface area contributed by atoms with E-state index in [9.17, 15) is 4.79 Å². The van der Waals surface area contributed by atoms with Gasteiger partial charge in [0.2, 0.25) is 0 Å². The average molecular weight is 332 g/mol. The summed E-state index contributed by atoms with van der Waals surface area (Å²) in [6, 6.07) is 10.4. The number of amides is 1. The fourth-order valence-corrected chi connectivity index (χ4v) is 3.68. The SMILES string of the molecule is CC(C)(C)OC(=O)N1CC(CC(CN)c2ccccc2)CC1(C)C. The first-order chi connectivity index (χ1) is 11.1. The molecule has 1 heterocycles. The lowest BCUT2D eigenvalue weighted by molar-refractivity contribution is 0.0130. The Morgan fingerprint density at radius 2 is 1.96 bits per heavy atom. The molecule has 0 aromatic heterocycles. The molecule has 0 aliphatic carbocycles. The van der Waals surface area contributed by atoms with Gasteiger partial charge in [0.25, 0.3) is 0 Å². The fraction of sp³-hybridized carbons (Fsp3) is 0.650. The molecular weight excluding hydrogens is 300 g/mol. The zero-order valence-electron chi connectivity index (χ0n) is 15.7. The lowest BCUT2D eigenvalue weighted by atomic mass is 9.85. The normalized spacial score (nSPS) is 21.6.